The molecule has 0 bridgehead atoms. The van der Waals surface area contributed by atoms with Crippen LogP contribution in [0.15, 0.2) is 28.9 Å². The van der Waals surface area contributed by atoms with Crippen molar-refractivity contribution in [3.63, 3.8) is 0 Å². The van der Waals surface area contributed by atoms with E-state index in [0.29, 0.717) is 25.4 Å². The molecule has 3 rings (SSSR count). The maximum atomic E-state index is 12.2. The Hall–Kier alpha value is -2.57. The van der Waals surface area contributed by atoms with Gasteiger partial charge in [-0.3, -0.25) is 14.4 Å². The van der Waals surface area contributed by atoms with E-state index < -0.39 is 0 Å². The number of carbonyl (C=O) groups excluding carboxylic acids is 3. The Balaban J connectivity index is 1.54. The molecule has 128 valence electrons. The molecule has 1 aromatic heterocycles. The van der Waals surface area contributed by atoms with Crippen molar-refractivity contribution in [1.82, 2.24) is 15.1 Å². The van der Waals surface area contributed by atoms with Gasteiger partial charge >= 0.3 is 0 Å². The Morgan fingerprint density at radius 2 is 2.08 bits per heavy atom. The predicted molar refractivity (Wildman–Crippen MR) is 86.6 cm³/mol. The number of allylic oxidation sites excluding steroid dienone is 1. The fourth-order valence-corrected chi connectivity index (χ4v) is 3.15. The molecule has 2 fully saturated rings. The zero-order valence-corrected chi connectivity index (χ0v) is 13.8. The molecule has 2 aliphatic rings. The second kappa shape index (κ2) is 6.51. The number of nitrogens with zero attached hydrogens (tertiary/aromatic N) is 2. The van der Waals surface area contributed by atoms with Crippen LogP contribution >= 0.6 is 0 Å². The van der Waals surface area contributed by atoms with Crippen LogP contribution in [0.1, 0.15) is 19.1 Å². The molecule has 0 aromatic carbocycles. The zero-order chi connectivity index (χ0) is 17.3. The molecule has 3 heterocycles. The summed E-state index contributed by atoms with van der Waals surface area (Å²) < 4.78 is 5.26. The minimum Gasteiger partial charge on any atom is -0.465 e. The monoisotopic (exact) mass is 331 g/mol. The lowest BCUT2D eigenvalue weighted by Crippen LogP contribution is -2.61. The van der Waals surface area contributed by atoms with Crippen LogP contribution in [0.2, 0.25) is 0 Å². The predicted octanol–water partition coefficient (Wildman–Crippen LogP) is 0.488. The van der Waals surface area contributed by atoms with Crippen molar-refractivity contribution >= 4 is 23.3 Å². The van der Waals surface area contributed by atoms with Crippen molar-refractivity contribution in [2.24, 2.45) is 5.92 Å². The number of amides is 3. The molecule has 7 heteroatoms. The Labute approximate surface area is 140 Å². The highest BCUT2D eigenvalue weighted by molar-refractivity contribution is 5.95. The molecule has 24 heavy (non-hydrogen) atoms. The van der Waals surface area contributed by atoms with Crippen LogP contribution in [0.4, 0.5) is 0 Å². The molecule has 1 N–H and O–H groups in total. The summed E-state index contributed by atoms with van der Waals surface area (Å²) in [6.45, 7) is 3.28. The van der Waals surface area contributed by atoms with Crippen LogP contribution < -0.4 is 5.32 Å². The van der Waals surface area contributed by atoms with Gasteiger partial charge in [-0.05, 0) is 24.6 Å². The first-order chi connectivity index (χ1) is 11.5. The molecule has 1 atom stereocenters. The van der Waals surface area contributed by atoms with E-state index in [1.54, 1.807) is 41.3 Å². The number of carbonyl (C=O) groups is 3. The van der Waals surface area contributed by atoms with E-state index in [0.717, 1.165) is 5.57 Å². The molecule has 2 saturated heterocycles. The fourth-order valence-electron chi connectivity index (χ4n) is 3.15. The minimum absolute atomic E-state index is 0.00780. The van der Waals surface area contributed by atoms with Crippen LogP contribution in [-0.2, 0) is 14.4 Å². The molecule has 0 saturated carbocycles. The third-order valence-corrected chi connectivity index (χ3v) is 4.64. The van der Waals surface area contributed by atoms with E-state index >= 15 is 0 Å². The average Bonchev–Trinajstić information content (AvgIpc) is 3.15. The Morgan fingerprint density at radius 1 is 1.33 bits per heavy atom. The summed E-state index contributed by atoms with van der Waals surface area (Å²) in [6.07, 6.45) is 3.37. The smallest absolute Gasteiger partial charge is 0.247 e. The second-order valence-corrected chi connectivity index (χ2v) is 6.26. The van der Waals surface area contributed by atoms with Crippen molar-refractivity contribution in [3.8, 4) is 0 Å². The fraction of sp³-hybridized carbons (Fsp3) is 0.471. The lowest BCUT2D eigenvalue weighted by atomic mass is 10.1. The van der Waals surface area contributed by atoms with Crippen LogP contribution in [0.25, 0.3) is 5.57 Å². The van der Waals surface area contributed by atoms with Gasteiger partial charge in [0, 0.05) is 39.2 Å². The lowest BCUT2D eigenvalue weighted by Gasteiger charge is -2.43. The summed E-state index contributed by atoms with van der Waals surface area (Å²) in [6, 6.07) is 3.59. The molecule has 3 amide bonds. The molecule has 7 nitrogen and oxygen atoms in total. The number of hydrogen-bond donors (Lipinski definition) is 1. The van der Waals surface area contributed by atoms with Gasteiger partial charge in [0.05, 0.1) is 18.2 Å². The minimum atomic E-state index is -0.284. The van der Waals surface area contributed by atoms with Crippen molar-refractivity contribution in [1.29, 1.82) is 0 Å². The van der Waals surface area contributed by atoms with Crippen LogP contribution in [0, 0.1) is 5.92 Å². The molecule has 0 radical (unpaired) electrons. The highest BCUT2D eigenvalue weighted by atomic mass is 16.3. The van der Waals surface area contributed by atoms with Gasteiger partial charge in [0.25, 0.3) is 0 Å². The van der Waals surface area contributed by atoms with Gasteiger partial charge in [-0.1, -0.05) is 0 Å². The maximum absolute atomic E-state index is 12.2. The highest BCUT2D eigenvalue weighted by Crippen LogP contribution is 2.25. The topological polar surface area (TPSA) is 82.9 Å². The maximum Gasteiger partial charge on any atom is 0.247 e. The number of nitrogens with one attached hydrogen (secondary N) is 1. The quantitative estimate of drug-likeness (QED) is 0.814. The van der Waals surface area contributed by atoms with Gasteiger partial charge < -0.3 is 19.5 Å². The summed E-state index contributed by atoms with van der Waals surface area (Å²) in [7, 11) is 1.58. The first kappa shape index (κ1) is 16.3. The van der Waals surface area contributed by atoms with Crippen LogP contribution in [0.3, 0.4) is 0 Å². The van der Waals surface area contributed by atoms with E-state index in [1.165, 1.54) is 0 Å². The Kier molecular flexibility index (Phi) is 4.42. The molecule has 0 spiro atoms. The number of likely N-dealkylation sites (tertiary alicyclic amines) is 2. The van der Waals surface area contributed by atoms with Gasteiger partial charge in [0.1, 0.15) is 5.76 Å². The van der Waals surface area contributed by atoms with Gasteiger partial charge in [0.2, 0.25) is 17.7 Å². The highest BCUT2D eigenvalue weighted by Gasteiger charge is 2.42. The van der Waals surface area contributed by atoms with Crippen molar-refractivity contribution in [2.45, 2.75) is 19.4 Å². The second-order valence-electron chi connectivity index (χ2n) is 6.26. The average molecular weight is 331 g/mol. The Morgan fingerprint density at radius 3 is 2.71 bits per heavy atom. The number of furan rings is 1. The molecule has 0 aliphatic carbocycles. The van der Waals surface area contributed by atoms with Gasteiger partial charge in [-0.2, -0.15) is 0 Å². The SMILES string of the molecule is CNC(=O)C1CC(=O)N(C2CN(C(=O)/C=C(\C)c3ccco3)C2)C1. The summed E-state index contributed by atoms with van der Waals surface area (Å²) in [4.78, 5) is 39.4. The summed E-state index contributed by atoms with van der Waals surface area (Å²) >= 11 is 0. The summed E-state index contributed by atoms with van der Waals surface area (Å²) in [5.41, 5.74) is 0.769. The van der Waals surface area contributed by atoms with Crippen molar-refractivity contribution in [3.05, 3.63) is 30.2 Å². The largest absolute Gasteiger partial charge is 0.465 e. The third kappa shape index (κ3) is 3.06. The normalized spacial score (nSPS) is 21.8. The molecule has 2 aliphatic heterocycles. The summed E-state index contributed by atoms with van der Waals surface area (Å²) in [5.74, 6) is 0.185. The van der Waals surface area contributed by atoms with Gasteiger partial charge in [-0.25, -0.2) is 0 Å². The summed E-state index contributed by atoms with van der Waals surface area (Å²) in [5, 5.41) is 2.59. The van der Waals surface area contributed by atoms with Crippen molar-refractivity contribution < 1.29 is 18.8 Å². The van der Waals surface area contributed by atoms with E-state index in [1.807, 2.05) is 6.92 Å². The molecular weight excluding hydrogens is 310 g/mol. The first-order valence-electron chi connectivity index (χ1n) is 8.01. The van der Waals surface area contributed by atoms with Crippen LogP contribution in [-0.4, -0.2) is 60.2 Å². The van der Waals surface area contributed by atoms with Crippen LogP contribution in [0.5, 0.6) is 0 Å². The molecule has 1 unspecified atom stereocenters. The number of rotatable bonds is 4. The third-order valence-electron chi connectivity index (χ3n) is 4.64. The van der Waals surface area contributed by atoms with E-state index in [-0.39, 0.29) is 36.1 Å². The number of hydrogen-bond acceptors (Lipinski definition) is 4. The zero-order valence-electron chi connectivity index (χ0n) is 13.8. The van der Waals surface area contributed by atoms with E-state index in [9.17, 15) is 14.4 Å². The standard InChI is InChI=1S/C17H21N3O4/c1-11(14-4-3-5-24-14)6-15(21)19-9-13(10-19)20-8-12(7-16(20)22)17(23)18-2/h3-6,12-13H,7-10H2,1-2H3,(H,18,23)/b11-6+. The van der Waals surface area contributed by atoms with E-state index in [4.69, 9.17) is 4.42 Å². The first-order valence-corrected chi connectivity index (χ1v) is 8.01. The van der Waals surface area contributed by atoms with Crippen molar-refractivity contribution in [2.75, 3.05) is 26.7 Å². The molecule has 1 aromatic rings. The Bertz CT molecular complexity index is 674. The van der Waals surface area contributed by atoms with E-state index in [2.05, 4.69) is 5.32 Å². The van der Waals surface area contributed by atoms with Gasteiger partial charge in [-0.15, -0.1) is 0 Å². The molecular formula is C17H21N3O4. The van der Waals surface area contributed by atoms with Gasteiger partial charge in [0.15, 0.2) is 0 Å². The lowest BCUT2D eigenvalue weighted by molar-refractivity contribution is -0.140.